The molecule has 1 aliphatic carbocycles. The minimum atomic E-state index is -0.109. The quantitative estimate of drug-likeness (QED) is 0.842. The van der Waals surface area contributed by atoms with Gasteiger partial charge >= 0.3 is 6.03 Å². The molecule has 0 atom stereocenters. The number of hydrogen-bond acceptors (Lipinski definition) is 5. The molecular formula is C19H28N6O. The molecule has 2 aliphatic heterocycles. The molecule has 0 radical (unpaired) electrons. The Balaban J connectivity index is 1.32. The van der Waals surface area contributed by atoms with Crippen LogP contribution in [0.1, 0.15) is 32.1 Å². The number of carbonyl (C=O) groups excluding carboxylic acids is 1. The second-order valence-electron chi connectivity index (χ2n) is 7.38. The molecule has 1 N–H and O–H groups in total. The van der Waals surface area contributed by atoms with E-state index in [1.54, 1.807) is 11.2 Å². The van der Waals surface area contributed by atoms with E-state index in [0.717, 1.165) is 38.0 Å². The minimum absolute atomic E-state index is 0.109. The largest absolute Gasteiger partial charge is 0.354 e. The van der Waals surface area contributed by atoms with Crippen molar-refractivity contribution >= 4 is 17.7 Å². The van der Waals surface area contributed by atoms with Gasteiger partial charge in [-0.2, -0.15) is 0 Å². The molecule has 0 aromatic carbocycles. The average molecular weight is 356 g/mol. The third-order valence-corrected chi connectivity index (χ3v) is 5.72. The van der Waals surface area contributed by atoms with Gasteiger partial charge in [0.25, 0.3) is 0 Å². The average Bonchev–Trinajstić information content (AvgIpc) is 3.24. The van der Waals surface area contributed by atoms with E-state index in [2.05, 4.69) is 25.1 Å². The Morgan fingerprint density at radius 3 is 2.46 bits per heavy atom. The number of aromatic nitrogens is 2. The first-order chi connectivity index (χ1) is 12.8. The van der Waals surface area contributed by atoms with Gasteiger partial charge in [-0.25, -0.2) is 14.8 Å². The summed E-state index contributed by atoms with van der Waals surface area (Å²) in [6, 6.07) is 2.56. The van der Waals surface area contributed by atoms with E-state index in [-0.39, 0.29) is 6.03 Å². The van der Waals surface area contributed by atoms with E-state index in [4.69, 9.17) is 0 Å². The smallest absolute Gasteiger partial charge is 0.323 e. The minimum Gasteiger partial charge on any atom is -0.354 e. The zero-order valence-corrected chi connectivity index (χ0v) is 15.3. The molecule has 7 heteroatoms. The molecule has 140 valence electrons. The fourth-order valence-corrected chi connectivity index (χ4v) is 4.18. The molecule has 0 bridgehead atoms. The van der Waals surface area contributed by atoms with Gasteiger partial charge < -0.3 is 9.80 Å². The Morgan fingerprint density at radius 1 is 1.00 bits per heavy atom. The van der Waals surface area contributed by atoms with Gasteiger partial charge in [-0.15, -0.1) is 0 Å². The summed E-state index contributed by atoms with van der Waals surface area (Å²) >= 11 is 0. The van der Waals surface area contributed by atoms with Crippen LogP contribution in [0.15, 0.2) is 24.5 Å². The standard InChI is InChI=1S/C19H28N6O/c26-19(25-8-4-5-9-25)22-17-14-18(21-15-20-17)24-12-10-23(11-13-24)16-6-2-1-3-7-16/h4-5,14-16H,1-3,6-13H2,(H,20,21,22,26). The topological polar surface area (TPSA) is 64.6 Å². The van der Waals surface area contributed by atoms with Gasteiger partial charge in [0, 0.05) is 51.4 Å². The lowest BCUT2D eigenvalue weighted by Crippen LogP contribution is -2.51. The molecule has 3 heterocycles. The molecular weight excluding hydrogens is 328 g/mol. The van der Waals surface area contributed by atoms with Crippen molar-refractivity contribution in [1.29, 1.82) is 0 Å². The number of amides is 2. The molecule has 1 saturated heterocycles. The van der Waals surface area contributed by atoms with E-state index in [1.807, 2.05) is 18.2 Å². The summed E-state index contributed by atoms with van der Waals surface area (Å²) in [4.78, 5) is 27.5. The van der Waals surface area contributed by atoms with Crippen molar-refractivity contribution in [3.63, 3.8) is 0 Å². The summed E-state index contributed by atoms with van der Waals surface area (Å²) in [7, 11) is 0. The maximum atomic E-state index is 12.2. The second-order valence-corrected chi connectivity index (χ2v) is 7.38. The van der Waals surface area contributed by atoms with Crippen molar-refractivity contribution in [3.05, 3.63) is 24.5 Å². The fraction of sp³-hybridized carbons (Fsp3) is 0.632. The van der Waals surface area contributed by atoms with Gasteiger partial charge in [-0.05, 0) is 12.8 Å². The monoisotopic (exact) mass is 356 g/mol. The lowest BCUT2D eigenvalue weighted by atomic mass is 9.94. The zero-order chi connectivity index (χ0) is 17.8. The second kappa shape index (κ2) is 8.03. The van der Waals surface area contributed by atoms with Crippen LogP contribution >= 0.6 is 0 Å². The Labute approximate surface area is 155 Å². The van der Waals surface area contributed by atoms with Gasteiger partial charge in [0.15, 0.2) is 0 Å². The van der Waals surface area contributed by atoms with Crippen molar-refractivity contribution < 1.29 is 4.79 Å². The molecule has 2 amide bonds. The molecule has 3 aliphatic rings. The highest BCUT2D eigenvalue weighted by atomic mass is 16.2. The van der Waals surface area contributed by atoms with Gasteiger partial charge in [0.1, 0.15) is 18.0 Å². The Hall–Kier alpha value is -2.15. The SMILES string of the molecule is O=C(Nc1cc(N2CCN(C3CCCCC3)CC2)ncn1)N1CC=CC1. The van der Waals surface area contributed by atoms with E-state index in [1.165, 1.54) is 32.1 Å². The Bertz CT molecular complexity index is 641. The maximum Gasteiger partial charge on any atom is 0.323 e. The summed E-state index contributed by atoms with van der Waals surface area (Å²) in [5.41, 5.74) is 0. The van der Waals surface area contributed by atoms with E-state index >= 15 is 0 Å². The van der Waals surface area contributed by atoms with Gasteiger partial charge in [-0.3, -0.25) is 10.2 Å². The number of anilines is 2. The van der Waals surface area contributed by atoms with Crippen molar-refractivity contribution in [2.75, 3.05) is 49.5 Å². The fourth-order valence-electron chi connectivity index (χ4n) is 4.18. The third kappa shape index (κ3) is 3.98. The zero-order valence-electron chi connectivity index (χ0n) is 15.3. The lowest BCUT2D eigenvalue weighted by Gasteiger charge is -2.41. The highest BCUT2D eigenvalue weighted by Gasteiger charge is 2.25. The number of urea groups is 1. The van der Waals surface area contributed by atoms with Crippen LogP contribution in [0.4, 0.5) is 16.4 Å². The van der Waals surface area contributed by atoms with Gasteiger partial charge in [-0.1, -0.05) is 31.4 Å². The number of nitrogens with zero attached hydrogens (tertiary/aromatic N) is 5. The predicted molar refractivity (Wildman–Crippen MR) is 102 cm³/mol. The summed E-state index contributed by atoms with van der Waals surface area (Å²) in [6.45, 7) is 5.47. The van der Waals surface area contributed by atoms with Crippen molar-refractivity contribution in [3.8, 4) is 0 Å². The summed E-state index contributed by atoms with van der Waals surface area (Å²) < 4.78 is 0. The Morgan fingerprint density at radius 2 is 1.73 bits per heavy atom. The van der Waals surface area contributed by atoms with E-state index in [9.17, 15) is 4.79 Å². The first-order valence-corrected chi connectivity index (χ1v) is 9.81. The first kappa shape index (κ1) is 17.3. The van der Waals surface area contributed by atoms with Gasteiger partial charge in [0.05, 0.1) is 0 Å². The third-order valence-electron chi connectivity index (χ3n) is 5.72. The molecule has 0 spiro atoms. The van der Waals surface area contributed by atoms with Crippen molar-refractivity contribution in [2.24, 2.45) is 0 Å². The van der Waals surface area contributed by atoms with Crippen LogP contribution in [0, 0.1) is 0 Å². The van der Waals surface area contributed by atoms with E-state index < -0.39 is 0 Å². The van der Waals surface area contributed by atoms with Gasteiger partial charge in [0.2, 0.25) is 0 Å². The van der Waals surface area contributed by atoms with Crippen LogP contribution in [-0.2, 0) is 0 Å². The first-order valence-electron chi connectivity index (χ1n) is 9.81. The summed E-state index contributed by atoms with van der Waals surface area (Å²) in [6.07, 6.45) is 12.4. The van der Waals surface area contributed by atoms with Crippen molar-refractivity contribution in [1.82, 2.24) is 19.8 Å². The highest BCUT2D eigenvalue weighted by molar-refractivity contribution is 5.89. The van der Waals surface area contributed by atoms with E-state index in [0.29, 0.717) is 18.9 Å². The number of carbonyl (C=O) groups is 1. The summed E-state index contributed by atoms with van der Waals surface area (Å²) in [5.74, 6) is 1.47. The molecule has 1 aromatic heterocycles. The molecule has 1 aromatic rings. The van der Waals surface area contributed by atoms with Crippen LogP contribution in [0.25, 0.3) is 0 Å². The number of hydrogen-bond donors (Lipinski definition) is 1. The van der Waals surface area contributed by atoms with Crippen LogP contribution in [-0.4, -0.2) is 71.1 Å². The molecule has 2 fully saturated rings. The van der Waals surface area contributed by atoms with Crippen LogP contribution in [0.5, 0.6) is 0 Å². The van der Waals surface area contributed by atoms with Crippen LogP contribution in [0.2, 0.25) is 0 Å². The lowest BCUT2D eigenvalue weighted by molar-refractivity contribution is 0.147. The highest BCUT2D eigenvalue weighted by Crippen LogP contribution is 2.24. The Kier molecular flexibility index (Phi) is 5.34. The number of rotatable bonds is 3. The molecule has 7 nitrogen and oxygen atoms in total. The number of nitrogens with one attached hydrogen (secondary N) is 1. The maximum absolute atomic E-state index is 12.2. The molecule has 26 heavy (non-hydrogen) atoms. The van der Waals surface area contributed by atoms with Crippen LogP contribution < -0.4 is 10.2 Å². The normalized spacial score (nSPS) is 22.0. The van der Waals surface area contributed by atoms with Crippen LogP contribution in [0.3, 0.4) is 0 Å². The molecule has 4 rings (SSSR count). The molecule has 1 saturated carbocycles. The predicted octanol–water partition coefficient (Wildman–Crippen LogP) is 2.33. The van der Waals surface area contributed by atoms with Crippen molar-refractivity contribution in [2.45, 2.75) is 38.1 Å². The number of piperazine rings is 1. The summed E-state index contributed by atoms with van der Waals surface area (Å²) in [5, 5.41) is 2.88. The molecule has 0 unspecified atom stereocenters.